The molecule has 0 saturated heterocycles. The molecule has 0 spiro atoms. The number of thiocarbonyl (C=S) groups is 1. The van der Waals surface area contributed by atoms with Gasteiger partial charge in [-0.05, 0) is 31.6 Å². The van der Waals surface area contributed by atoms with E-state index in [0.717, 1.165) is 11.4 Å². The fourth-order valence-corrected chi connectivity index (χ4v) is 3.56. The van der Waals surface area contributed by atoms with Gasteiger partial charge >= 0.3 is 0 Å². The maximum atomic E-state index is 5.54. The molecule has 1 atom stereocenters. The molecule has 0 aromatic carbocycles. The summed E-state index contributed by atoms with van der Waals surface area (Å²) in [5.41, 5.74) is 0.399. The predicted octanol–water partition coefficient (Wildman–Crippen LogP) is 4.83. The minimum absolute atomic E-state index is 0.0726. The monoisotopic (exact) mass is 369 g/mol. The van der Waals surface area contributed by atoms with Crippen molar-refractivity contribution in [3.05, 3.63) is 0 Å². The molecule has 0 heterocycles. The van der Waals surface area contributed by atoms with E-state index >= 15 is 0 Å². The Labute approximate surface area is 127 Å². The molecule has 1 unspecified atom stereocenters. The molecule has 17 heavy (non-hydrogen) atoms. The van der Waals surface area contributed by atoms with Crippen molar-refractivity contribution in [2.45, 2.75) is 60.9 Å². The summed E-state index contributed by atoms with van der Waals surface area (Å²) in [4.78, 5) is 1.00. The van der Waals surface area contributed by atoms with Gasteiger partial charge in [0.05, 0.1) is 4.99 Å². The van der Waals surface area contributed by atoms with E-state index in [4.69, 9.17) is 12.2 Å². The molecule has 0 aromatic heterocycles. The Morgan fingerprint density at radius 1 is 1.18 bits per heavy atom. The normalized spacial score (nSPS) is 14.9. The van der Waals surface area contributed by atoms with E-state index in [2.05, 4.69) is 76.4 Å². The van der Waals surface area contributed by atoms with Crippen molar-refractivity contribution in [1.29, 1.82) is 0 Å². The number of rotatable bonds is 6. The summed E-state index contributed by atoms with van der Waals surface area (Å²) in [6.45, 7) is 15.8. The Hall–Kier alpha value is 0.620. The highest BCUT2D eigenvalue weighted by atomic mass is 127. The van der Waals surface area contributed by atoms with Crippen LogP contribution < -0.4 is 5.32 Å². The zero-order valence-corrected chi connectivity index (χ0v) is 15.3. The Kier molecular flexibility index (Phi) is 6.93. The van der Waals surface area contributed by atoms with Crippen LogP contribution in [0.25, 0.3) is 0 Å². The lowest BCUT2D eigenvalue weighted by Crippen LogP contribution is -2.42. The average Bonchev–Trinajstić information content (AvgIpc) is 2.13. The van der Waals surface area contributed by atoms with Crippen molar-refractivity contribution in [2.75, 3.05) is 4.43 Å². The fourth-order valence-electron chi connectivity index (χ4n) is 2.06. The van der Waals surface area contributed by atoms with Crippen molar-refractivity contribution in [2.24, 2.45) is 16.7 Å². The highest BCUT2D eigenvalue weighted by Gasteiger charge is 2.35. The second kappa shape index (κ2) is 6.69. The average molecular weight is 369 g/mol. The topological polar surface area (TPSA) is 12.0 Å². The molecule has 0 saturated carbocycles. The van der Waals surface area contributed by atoms with Gasteiger partial charge in [-0.1, -0.05) is 69.4 Å². The van der Waals surface area contributed by atoms with Crippen molar-refractivity contribution >= 4 is 39.8 Å². The van der Waals surface area contributed by atoms with E-state index in [1.165, 1.54) is 4.43 Å². The van der Waals surface area contributed by atoms with E-state index in [0.29, 0.717) is 17.4 Å². The largest absolute Gasteiger partial charge is 0.377 e. The molecule has 0 aromatic rings. The van der Waals surface area contributed by atoms with Crippen LogP contribution in [0.3, 0.4) is 0 Å². The van der Waals surface area contributed by atoms with E-state index < -0.39 is 0 Å². The molecule has 0 aliphatic heterocycles. The third-order valence-electron chi connectivity index (χ3n) is 3.50. The van der Waals surface area contributed by atoms with Crippen LogP contribution in [0.1, 0.15) is 54.9 Å². The first-order valence-electron chi connectivity index (χ1n) is 6.40. The molecule has 3 heteroatoms. The summed E-state index contributed by atoms with van der Waals surface area (Å²) < 4.78 is 1.20. The molecule has 0 bridgehead atoms. The van der Waals surface area contributed by atoms with Gasteiger partial charge in [0.25, 0.3) is 0 Å². The zero-order chi connectivity index (χ0) is 13.9. The van der Waals surface area contributed by atoms with Crippen LogP contribution in [-0.4, -0.2) is 15.5 Å². The fraction of sp³-hybridized carbons (Fsp3) is 0.929. The number of alkyl halides is 1. The number of hydrogen-bond acceptors (Lipinski definition) is 1. The summed E-state index contributed by atoms with van der Waals surface area (Å²) in [5.74, 6) is 0.712. The van der Waals surface area contributed by atoms with Crippen LogP contribution in [0, 0.1) is 16.7 Å². The molecule has 0 aliphatic carbocycles. The number of halogens is 1. The SMILES string of the molecule is CC(C)NC(=S)C(C)(C)CC(C)(C)C(C)CI. The van der Waals surface area contributed by atoms with E-state index in [1.807, 2.05) is 0 Å². The standard InChI is InChI=1S/C14H28INS/c1-10(2)16-12(17)14(6,7)9-13(4,5)11(3)8-15/h10-11H,8-9H2,1-7H3,(H,16,17). The molecule has 102 valence electrons. The number of hydrogen-bond donors (Lipinski definition) is 1. The molecule has 0 radical (unpaired) electrons. The van der Waals surface area contributed by atoms with Crippen LogP contribution in [-0.2, 0) is 0 Å². The minimum atomic E-state index is 0.0726. The first-order chi connectivity index (χ1) is 7.53. The van der Waals surface area contributed by atoms with Crippen LogP contribution in [0.15, 0.2) is 0 Å². The van der Waals surface area contributed by atoms with Gasteiger partial charge in [0, 0.05) is 15.9 Å². The highest BCUT2D eigenvalue weighted by molar-refractivity contribution is 14.1. The van der Waals surface area contributed by atoms with Gasteiger partial charge in [-0.2, -0.15) is 0 Å². The molecule has 1 nitrogen and oxygen atoms in total. The number of nitrogens with one attached hydrogen (secondary N) is 1. The molecular weight excluding hydrogens is 341 g/mol. The van der Waals surface area contributed by atoms with Crippen molar-refractivity contribution in [3.63, 3.8) is 0 Å². The molecule has 0 aliphatic rings. The van der Waals surface area contributed by atoms with Crippen molar-refractivity contribution in [1.82, 2.24) is 5.32 Å². The van der Waals surface area contributed by atoms with Crippen molar-refractivity contribution < 1.29 is 0 Å². The highest BCUT2D eigenvalue weighted by Crippen LogP contribution is 2.40. The first kappa shape index (κ1) is 17.6. The summed E-state index contributed by atoms with van der Waals surface area (Å²) in [5, 5.41) is 3.39. The van der Waals surface area contributed by atoms with Gasteiger partial charge in [-0.25, -0.2) is 0 Å². The van der Waals surface area contributed by atoms with Crippen LogP contribution in [0.2, 0.25) is 0 Å². The van der Waals surface area contributed by atoms with Gasteiger partial charge in [-0.3, -0.25) is 0 Å². The summed E-state index contributed by atoms with van der Waals surface area (Å²) >= 11 is 8.02. The molecular formula is C14H28INS. The zero-order valence-electron chi connectivity index (χ0n) is 12.4. The van der Waals surface area contributed by atoms with Gasteiger partial charge in [-0.15, -0.1) is 0 Å². The van der Waals surface area contributed by atoms with Gasteiger partial charge < -0.3 is 5.32 Å². The van der Waals surface area contributed by atoms with E-state index in [9.17, 15) is 0 Å². The minimum Gasteiger partial charge on any atom is -0.377 e. The molecule has 0 rings (SSSR count). The van der Waals surface area contributed by atoms with Gasteiger partial charge in [0.15, 0.2) is 0 Å². The predicted molar refractivity (Wildman–Crippen MR) is 91.1 cm³/mol. The van der Waals surface area contributed by atoms with Gasteiger partial charge in [0.1, 0.15) is 0 Å². The van der Waals surface area contributed by atoms with Crippen LogP contribution in [0.4, 0.5) is 0 Å². The third-order valence-corrected chi connectivity index (χ3v) is 5.49. The Morgan fingerprint density at radius 3 is 2.00 bits per heavy atom. The molecule has 0 fully saturated rings. The Bertz CT molecular complexity index is 259. The Morgan fingerprint density at radius 2 is 1.65 bits per heavy atom. The first-order valence-corrected chi connectivity index (χ1v) is 8.33. The van der Waals surface area contributed by atoms with Gasteiger partial charge in [0.2, 0.25) is 0 Å². The lowest BCUT2D eigenvalue weighted by Gasteiger charge is -2.39. The maximum absolute atomic E-state index is 5.54. The molecule has 1 N–H and O–H groups in total. The quantitative estimate of drug-likeness (QED) is 0.409. The lowest BCUT2D eigenvalue weighted by molar-refractivity contribution is 0.181. The lowest BCUT2D eigenvalue weighted by atomic mass is 9.69. The van der Waals surface area contributed by atoms with Crippen molar-refractivity contribution in [3.8, 4) is 0 Å². The van der Waals surface area contributed by atoms with Crippen LogP contribution >= 0.6 is 34.8 Å². The summed E-state index contributed by atoms with van der Waals surface area (Å²) in [7, 11) is 0. The Balaban J connectivity index is 4.68. The van der Waals surface area contributed by atoms with Crippen LogP contribution in [0.5, 0.6) is 0 Å². The second-order valence-electron chi connectivity index (χ2n) is 6.73. The van der Waals surface area contributed by atoms with E-state index in [-0.39, 0.29) is 5.41 Å². The molecule has 0 amide bonds. The maximum Gasteiger partial charge on any atom is 0.0812 e. The third kappa shape index (κ3) is 5.86. The smallest absolute Gasteiger partial charge is 0.0812 e. The van der Waals surface area contributed by atoms with E-state index in [1.54, 1.807) is 0 Å². The summed E-state index contributed by atoms with van der Waals surface area (Å²) in [6.07, 6.45) is 1.13. The second-order valence-corrected chi connectivity index (χ2v) is 8.02. The summed E-state index contributed by atoms with van der Waals surface area (Å²) in [6, 6.07) is 0.423.